The number of aromatic nitrogens is 1. The van der Waals surface area contributed by atoms with Crippen molar-refractivity contribution in [3.8, 4) is 0 Å². The van der Waals surface area contributed by atoms with Gasteiger partial charge in [-0.2, -0.15) is 0 Å². The molecule has 0 aromatic carbocycles. The molecule has 2 saturated heterocycles. The SMILES string of the molecule is CN(C)C(=O)CN1CCC12CCN(Cc1ccc[nH]1)CC2. The van der Waals surface area contributed by atoms with Crippen molar-refractivity contribution in [1.29, 1.82) is 0 Å². The molecule has 1 aromatic rings. The number of likely N-dealkylation sites (tertiary alicyclic amines) is 2. The molecule has 5 heteroatoms. The van der Waals surface area contributed by atoms with Gasteiger partial charge in [-0.3, -0.25) is 14.6 Å². The maximum Gasteiger partial charge on any atom is 0.236 e. The van der Waals surface area contributed by atoms with Crippen molar-refractivity contribution in [2.45, 2.75) is 31.3 Å². The van der Waals surface area contributed by atoms with E-state index in [0.717, 1.165) is 26.2 Å². The van der Waals surface area contributed by atoms with Crippen molar-refractivity contribution in [2.75, 3.05) is 40.3 Å². The second-order valence-corrected chi connectivity index (χ2v) is 6.66. The first-order valence-electron chi connectivity index (χ1n) is 7.89. The van der Waals surface area contributed by atoms with Gasteiger partial charge in [-0.15, -0.1) is 0 Å². The molecule has 3 heterocycles. The molecule has 2 aliphatic rings. The Kier molecular flexibility index (Phi) is 4.04. The number of hydrogen-bond acceptors (Lipinski definition) is 3. The predicted molar refractivity (Wildman–Crippen MR) is 82.9 cm³/mol. The summed E-state index contributed by atoms with van der Waals surface area (Å²) in [5.41, 5.74) is 1.59. The van der Waals surface area contributed by atoms with Gasteiger partial charge in [0.2, 0.25) is 5.91 Å². The Morgan fingerprint density at radius 2 is 2.00 bits per heavy atom. The fraction of sp³-hybridized carbons (Fsp3) is 0.688. The third kappa shape index (κ3) is 2.99. The number of carbonyl (C=O) groups is 1. The summed E-state index contributed by atoms with van der Waals surface area (Å²) in [7, 11) is 3.68. The van der Waals surface area contributed by atoms with Crippen LogP contribution in [0.4, 0.5) is 0 Å². The minimum absolute atomic E-state index is 0.225. The number of nitrogens with one attached hydrogen (secondary N) is 1. The van der Waals surface area contributed by atoms with Crippen LogP contribution in [0.15, 0.2) is 18.3 Å². The average molecular weight is 290 g/mol. The van der Waals surface area contributed by atoms with Gasteiger partial charge in [-0.1, -0.05) is 0 Å². The van der Waals surface area contributed by atoms with Gasteiger partial charge in [-0.05, 0) is 31.4 Å². The second-order valence-electron chi connectivity index (χ2n) is 6.66. The minimum Gasteiger partial charge on any atom is -0.364 e. The van der Waals surface area contributed by atoms with Crippen molar-refractivity contribution in [3.63, 3.8) is 0 Å². The van der Waals surface area contributed by atoms with Gasteiger partial charge >= 0.3 is 0 Å². The van der Waals surface area contributed by atoms with Crippen LogP contribution in [0.2, 0.25) is 0 Å². The van der Waals surface area contributed by atoms with Crippen LogP contribution in [0.25, 0.3) is 0 Å². The molecule has 5 nitrogen and oxygen atoms in total. The summed E-state index contributed by atoms with van der Waals surface area (Å²) in [6.07, 6.45) is 5.62. The topological polar surface area (TPSA) is 42.6 Å². The molecule has 3 rings (SSSR count). The molecule has 0 aliphatic carbocycles. The highest BCUT2D eigenvalue weighted by atomic mass is 16.2. The van der Waals surface area contributed by atoms with Crippen LogP contribution < -0.4 is 0 Å². The van der Waals surface area contributed by atoms with E-state index in [9.17, 15) is 4.79 Å². The molecule has 2 aliphatic heterocycles. The number of amides is 1. The number of piperidine rings is 1. The van der Waals surface area contributed by atoms with E-state index >= 15 is 0 Å². The molecule has 0 atom stereocenters. The lowest BCUT2D eigenvalue weighted by molar-refractivity contribution is -0.137. The maximum atomic E-state index is 11.9. The quantitative estimate of drug-likeness (QED) is 0.904. The van der Waals surface area contributed by atoms with Crippen LogP contribution in [0, 0.1) is 0 Å². The van der Waals surface area contributed by atoms with Crippen molar-refractivity contribution < 1.29 is 4.79 Å². The van der Waals surface area contributed by atoms with Gasteiger partial charge in [0.1, 0.15) is 0 Å². The highest BCUT2D eigenvalue weighted by molar-refractivity contribution is 5.77. The second kappa shape index (κ2) is 5.81. The monoisotopic (exact) mass is 290 g/mol. The van der Waals surface area contributed by atoms with E-state index in [1.165, 1.54) is 25.0 Å². The van der Waals surface area contributed by atoms with Gasteiger partial charge in [0.15, 0.2) is 0 Å². The lowest BCUT2D eigenvalue weighted by Crippen LogP contribution is -2.65. The largest absolute Gasteiger partial charge is 0.364 e. The van der Waals surface area contributed by atoms with Crippen LogP contribution in [0.5, 0.6) is 0 Å². The number of likely N-dealkylation sites (N-methyl/N-ethyl adjacent to an activating group) is 1. The number of aromatic amines is 1. The summed E-state index contributed by atoms with van der Waals surface area (Å²) in [6, 6.07) is 4.21. The Bertz CT molecular complexity index is 474. The number of H-pyrrole nitrogens is 1. The average Bonchev–Trinajstić information content (AvgIpc) is 2.97. The highest BCUT2D eigenvalue weighted by Gasteiger charge is 2.46. The van der Waals surface area contributed by atoms with Gasteiger partial charge in [0.05, 0.1) is 6.54 Å². The van der Waals surface area contributed by atoms with Crippen LogP contribution in [0.3, 0.4) is 0 Å². The first-order valence-corrected chi connectivity index (χ1v) is 7.89. The van der Waals surface area contributed by atoms with Crippen molar-refractivity contribution >= 4 is 5.91 Å². The summed E-state index contributed by atoms with van der Waals surface area (Å²) >= 11 is 0. The molecule has 1 spiro atoms. The van der Waals surface area contributed by atoms with Gasteiger partial charge in [0.25, 0.3) is 0 Å². The molecule has 0 radical (unpaired) electrons. The zero-order valence-corrected chi connectivity index (χ0v) is 13.1. The standard InChI is InChI=1S/C16H26N4O/c1-18(2)15(21)13-20-11-7-16(20)5-9-19(10-6-16)12-14-4-3-8-17-14/h3-4,8,17H,5-7,9-13H2,1-2H3. The molecular formula is C16H26N4O. The fourth-order valence-electron chi connectivity index (χ4n) is 3.54. The molecule has 116 valence electrons. The third-order valence-electron chi connectivity index (χ3n) is 5.19. The smallest absolute Gasteiger partial charge is 0.236 e. The molecule has 0 saturated carbocycles. The van der Waals surface area contributed by atoms with Crippen LogP contribution in [-0.4, -0.2) is 71.4 Å². The summed E-state index contributed by atoms with van der Waals surface area (Å²) in [5, 5.41) is 0. The van der Waals surface area contributed by atoms with Crippen molar-refractivity contribution in [1.82, 2.24) is 19.7 Å². The molecule has 1 N–H and O–H groups in total. The third-order valence-corrected chi connectivity index (χ3v) is 5.19. The Morgan fingerprint density at radius 3 is 2.52 bits per heavy atom. The molecule has 0 bridgehead atoms. The molecule has 0 unspecified atom stereocenters. The number of nitrogens with zero attached hydrogens (tertiary/aromatic N) is 3. The Labute approximate surface area is 126 Å². The fourth-order valence-corrected chi connectivity index (χ4v) is 3.54. The van der Waals surface area contributed by atoms with E-state index in [4.69, 9.17) is 0 Å². The van der Waals surface area contributed by atoms with Gasteiger partial charge in [-0.25, -0.2) is 0 Å². The minimum atomic E-state index is 0.225. The summed E-state index contributed by atoms with van der Waals surface area (Å²) in [6.45, 7) is 4.94. The van der Waals surface area contributed by atoms with Crippen molar-refractivity contribution in [3.05, 3.63) is 24.0 Å². The molecular weight excluding hydrogens is 264 g/mol. The molecule has 2 fully saturated rings. The first kappa shape index (κ1) is 14.6. The maximum absolute atomic E-state index is 11.9. The number of rotatable bonds is 4. The zero-order chi connectivity index (χ0) is 14.9. The van der Waals surface area contributed by atoms with E-state index in [0.29, 0.717) is 12.1 Å². The molecule has 1 aromatic heterocycles. The normalized spacial score (nSPS) is 22.2. The Morgan fingerprint density at radius 1 is 1.29 bits per heavy atom. The Balaban J connectivity index is 1.51. The van der Waals surface area contributed by atoms with E-state index in [-0.39, 0.29) is 5.91 Å². The van der Waals surface area contributed by atoms with E-state index in [1.54, 1.807) is 4.90 Å². The van der Waals surface area contributed by atoms with Crippen molar-refractivity contribution in [2.24, 2.45) is 0 Å². The molecule has 1 amide bonds. The lowest BCUT2D eigenvalue weighted by atomic mass is 9.76. The summed E-state index contributed by atoms with van der Waals surface area (Å²) in [4.78, 5) is 21.8. The zero-order valence-electron chi connectivity index (χ0n) is 13.1. The lowest BCUT2D eigenvalue weighted by Gasteiger charge is -2.56. The van der Waals surface area contributed by atoms with E-state index < -0.39 is 0 Å². The van der Waals surface area contributed by atoms with Crippen LogP contribution >= 0.6 is 0 Å². The number of hydrogen-bond donors (Lipinski definition) is 1. The predicted octanol–water partition coefficient (Wildman–Crippen LogP) is 1.14. The Hall–Kier alpha value is -1.33. The number of carbonyl (C=O) groups excluding carboxylic acids is 1. The van der Waals surface area contributed by atoms with Crippen LogP contribution in [-0.2, 0) is 11.3 Å². The van der Waals surface area contributed by atoms with Gasteiger partial charge < -0.3 is 9.88 Å². The van der Waals surface area contributed by atoms with E-state index in [1.807, 2.05) is 20.3 Å². The molecule has 21 heavy (non-hydrogen) atoms. The van der Waals surface area contributed by atoms with E-state index in [2.05, 4.69) is 26.9 Å². The first-order chi connectivity index (χ1) is 10.1. The summed E-state index contributed by atoms with van der Waals surface area (Å²) < 4.78 is 0. The van der Waals surface area contributed by atoms with Gasteiger partial charge in [0, 0.05) is 57.7 Å². The van der Waals surface area contributed by atoms with Crippen LogP contribution in [0.1, 0.15) is 25.0 Å². The summed E-state index contributed by atoms with van der Waals surface area (Å²) in [5.74, 6) is 0.225. The highest BCUT2D eigenvalue weighted by Crippen LogP contribution is 2.39.